The van der Waals surface area contributed by atoms with Crippen LogP contribution in [-0.2, 0) is 4.79 Å². The molecule has 0 amide bonds. The highest BCUT2D eigenvalue weighted by molar-refractivity contribution is 5.81. The molecule has 0 aromatic carbocycles. The fourth-order valence-electron chi connectivity index (χ4n) is 2.79. The van der Waals surface area contributed by atoms with Gasteiger partial charge in [0.1, 0.15) is 6.54 Å². The van der Waals surface area contributed by atoms with Crippen LogP contribution in [0.5, 0.6) is 0 Å². The van der Waals surface area contributed by atoms with E-state index < -0.39 is 0 Å². The van der Waals surface area contributed by atoms with Gasteiger partial charge in [-0.2, -0.15) is 0 Å². The molecule has 0 aromatic rings. The zero-order valence-corrected chi connectivity index (χ0v) is 14.4. The lowest BCUT2D eigenvalue weighted by Gasteiger charge is -2.29. The van der Waals surface area contributed by atoms with E-state index in [-0.39, 0.29) is 22.9 Å². The van der Waals surface area contributed by atoms with Crippen molar-refractivity contribution in [2.75, 3.05) is 6.54 Å². The largest absolute Gasteiger partial charge is 1.00 e. The summed E-state index contributed by atoms with van der Waals surface area (Å²) in [7, 11) is 0. The summed E-state index contributed by atoms with van der Waals surface area (Å²) in [5.74, 6) is 2.54. The second kappa shape index (κ2) is 11.0. The summed E-state index contributed by atoms with van der Waals surface area (Å²) in [5, 5.41) is 0. The third-order valence-corrected chi connectivity index (χ3v) is 4.12. The fourth-order valence-corrected chi connectivity index (χ4v) is 2.79. The molecule has 0 saturated carbocycles. The molecule has 3 unspecified atom stereocenters. The molecule has 0 heterocycles. The van der Waals surface area contributed by atoms with E-state index in [4.69, 9.17) is 0 Å². The molecule has 0 aliphatic rings. The molecule has 110 valence electrons. The Morgan fingerprint density at radius 3 is 1.94 bits per heavy atom. The summed E-state index contributed by atoms with van der Waals surface area (Å²) in [6, 6.07) is 0. The topological polar surface area (TPSA) is 44.7 Å². The predicted octanol–water partition coefficient (Wildman–Crippen LogP) is -0.0739. The van der Waals surface area contributed by atoms with Gasteiger partial charge in [0.25, 0.3) is 0 Å². The Morgan fingerprint density at radius 2 is 1.61 bits per heavy atom. The van der Waals surface area contributed by atoms with Crippen LogP contribution in [0.3, 0.4) is 0 Å². The lowest BCUT2D eigenvalue weighted by molar-refractivity contribution is -0.355. The van der Waals surface area contributed by atoms with Gasteiger partial charge in [-0.25, -0.2) is 0 Å². The third kappa shape index (κ3) is 6.89. The minimum absolute atomic E-state index is 0. The van der Waals surface area contributed by atoms with E-state index in [1.807, 2.05) is 0 Å². The van der Waals surface area contributed by atoms with Gasteiger partial charge in [0, 0.05) is 5.92 Å². The summed E-state index contributed by atoms with van der Waals surface area (Å²) in [5.41, 5.74) is 3.75. The number of Topliss-reactive ketones (excluding diaryl/α,β-unsaturated/α-hetero) is 1. The average molecular weight is 322 g/mol. The van der Waals surface area contributed by atoms with Gasteiger partial charge >= 0.3 is 0 Å². The lowest BCUT2D eigenvalue weighted by atomic mass is 9.75. The number of hydrogen-bond acceptors (Lipinski definition) is 1. The molecule has 0 aromatic heterocycles. The van der Waals surface area contributed by atoms with Crippen LogP contribution in [0.15, 0.2) is 0 Å². The second-order valence-electron chi connectivity index (χ2n) is 5.73. The molecule has 3 atom stereocenters. The zero-order valence-electron chi connectivity index (χ0n) is 12.8. The van der Waals surface area contributed by atoms with E-state index >= 15 is 0 Å². The smallest absolute Gasteiger partial charge is 0.189 e. The van der Waals surface area contributed by atoms with E-state index in [1.165, 1.54) is 19.3 Å². The first-order valence-corrected chi connectivity index (χ1v) is 7.29. The first-order chi connectivity index (χ1) is 7.97. The van der Waals surface area contributed by atoms with Crippen LogP contribution in [0.1, 0.15) is 60.3 Å². The molecule has 3 heteroatoms. The van der Waals surface area contributed by atoms with Crippen molar-refractivity contribution in [2.24, 2.45) is 23.7 Å². The maximum Gasteiger partial charge on any atom is 0.189 e. The zero-order chi connectivity index (χ0) is 13.4. The molecule has 3 N–H and O–H groups in total. The SMILES string of the molecule is CCC(CCC(C)C)C(C)C(CC)C(=O)C[NH3+].[Br-]. The Hall–Kier alpha value is 0.110. The van der Waals surface area contributed by atoms with Gasteiger partial charge in [0.15, 0.2) is 5.78 Å². The maximum absolute atomic E-state index is 11.9. The Labute approximate surface area is 124 Å². The molecule has 0 saturated heterocycles. The Morgan fingerprint density at radius 1 is 1.06 bits per heavy atom. The van der Waals surface area contributed by atoms with Crippen LogP contribution in [0.4, 0.5) is 0 Å². The predicted molar refractivity (Wildman–Crippen MR) is 73.6 cm³/mol. The number of rotatable bonds is 9. The van der Waals surface area contributed by atoms with Crippen molar-refractivity contribution < 1.29 is 27.5 Å². The van der Waals surface area contributed by atoms with Crippen LogP contribution >= 0.6 is 0 Å². The van der Waals surface area contributed by atoms with Gasteiger partial charge < -0.3 is 22.7 Å². The summed E-state index contributed by atoms with van der Waals surface area (Å²) in [6.45, 7) is 11.6. The normalized spacial score (nSPS) is 15.9. The second-order valence-corrected chi connectivity index (χ2v) is 5.73. The summed E-state index contributed by atoms with van der Waals surface area (Å²) >= 11 is 0. The molecule has 0 spiro atoms. The molecule has 0 rings (SSSR count). The van der Waals surface area contributed by atoms with Crippen molar-refractivity contribution >= 4 is 5.78 Å². The van der Waals surface area contributed by atoms with Crippen LogP contribution in [0.25, 0.3) is 0 Å². The highest BCUT2D eigenvalue weighted by Gasteiger charge is 2.28. The summed E-state index contributed by atoms with van der Waals surface area (Å²) < 4.78 is 0. The van der Waals surface area contributed by atoms with E-state index in [2.05, 4.69) is 40.4 Å². The molecular formula is C15H32BrNO. The standard InChI is InChI=1S/C15H31NO.BrH/c1-6-13(9-8-11(3)4)12(5)14(7-2)15(17)10-16;/h11-14H,6-10,16H2,1-5H3;1H. The molecule has 2 nitrogen and oxygen atoms in total. The van der Waals surface area contributed by atoms with Crippen molar-refractivity contribution in [2.45, 2.75) is 60.3 Å². The van der Waals surface area contributed by atoms with E-state index in [1.54, 1.807) is 0 Å². The van der Waals surface area contributed by atoms with Crippen LogP contribution < -0.4 is 22.7 Å². The molecule has 0 aliphatic heterocycles. The van der Waals surface area contributed by atoms with Gasteiger partial charge in [-0.3, -0.25) is 4.79 Å². The van der Waals surface area contributed by atoms with Gasteiger partial charge in [-0.15, -0.1) is 0 Å². The number of carbonyl (C=O) groups excluding carboxylic acids is 1. The van der Waals surface area contributed by atoms with Crippen LogP contribution in [0, 0.1) is 23.7 Å². The fraction of sp³-hybridized carbons (Fsp3) is 0.933. The molecule has 0 bridgehead atoms. The minimum Gasteiger partial charge on any atom is -1.00 e. The average Bonchev–Trinajstić information content (AvgIpc) is 2.30. The van der Waals surface area contributed by atoms with E-state index in [9.17, 15) is 4.79 Å². The highest BCUT2D eigenvalue weighted by Crippen LogP contribution is 2.30. The van der Waals surface area contributed by atoms with Crippen LogP contribution in [0.2, 0.25) is 0 Å². The molecule has 0 radical (unpaired) electrons. The van der Waals surface area contributed by atoms with E-state index in [0.29, 0.717) is 24.2 Å². The minimum atomic E-state index is 0. The lowest BCUT2D eigenvalue weighted by Crippen LogP contribution is -3.00. The summed E-state index contributed by atoms with van der Waals surface area (Å²) in [6.07, 6.45) is 4.69. The van der Waals surface area contributed by atoms with Gasteiger partial charge in [-0.05, 0) is 30.6 Å². The molecule has 0 aliphatic carbocycles. The van der Waals surface area contributed by atoms with E-state index in [0.717, 1.165) is 12.3 Å². The number of halogens is 1. The molecule has 0 fully saturated rings. The third-order valence-electron chi connectivity index (χ3n) is 4.12. The quantitative estimate of drug-likeness (QED) is 0.634. The van der Waals surface area contributed by atoms with Crippen molar-refractivity contribution in [1.29, 1.82) is 0 Å². The monoisotopic (exact) mass is 321 g/mol. The number of ketones is 1. The van der Waals surface area contributed by atoms with Crippen molar-refractivity contribution in [3.05, 3.63) is 0 Å². The van der Waals surface area contributed by atoms with Gasteiger partial charge in [0.05, 0.1) is 0 Å². The molecule has 18 heavy (non-hydrogen) atoms. The first-order valence-electron chi connectivity index (χ1n) is 7.29. The molecular weight excluding hydrogens is 290 g/mol. The number of quaternary nitrogens is 1. The van der Waals surface area contributed by atoms with Crippen molar-refractivity contribution in [3.63, 3.8) is 0 Å². The Bertz CT molecular complexity index is 219. The Balaban J connectivity index is 0. The number of carbonyl (C=O) groups is 1. The highest BCUT2D eigenvalue weighted by atomic mass is 79.9. The number of hydrogen-bond donors (Lipinski definition) is 1. The van der Waals surface area contributed by atoms with Crippen molar-refractivity contribution in [3.8, 4) is 0 Å². The Kier molecular flexibility index (Phi) is 12.5. The summed E-state index contributed by atoms with van der Waals surface area (Å²) in [4.78, 5) is 11.9. The maximum atomic E-state index is 11.9. The van der Waals surface area contributed by atoms with Crippen LogP contribution in [-0.4, -0.2) is 12.3 Å². The van der Waals surface area contributed by atoms with Crippen molar-refractivity contribution in [1.82, 2.24) is 0 Å². The first kappa shape index (κ1) is 20.4. The van der Waals surface area contributed by atoms with Gasteiger partial charge in [0.2, 0.25) is 0 Å². The van der Waals surface area contributed by atoms with Gasteiger partial charge in [-0.1, -0.05) is 47.5 Å².